The van der Waals surface area contributed by atoms with E-state index >= 15 is 0 Å². The Morgan fingerprint density at radius 3 is 3.06 bits per heavy atom. The molecule has 0 aliphatic carbocycles. The maximum atomic E-state index is 11.5. The van der Waals surface area contributed by atoms with Crippen molar-refractivity contribution < 1.29 is 4.79 Å². The lowest BCUT2D eigenvalue weighted by Crippen LogP contribution is -2.38. The Hall–Kier alpha value is -2.02. The summed E-state index contributed by atoms with van der Waals surface area (Å²) in [5, 5.41) is 11.7. The van der Waals surface area contributed by atoms with E-state index in [0.717, 1.165) is 30.8 Å². The van der Waals surface area contributed by atoms with Crippen molar-refractivity contribution in [2.75, 3.05) is 23.3 Å². The molecule has 0 atom stereocenters. The summed E-state index contributed by atoms with van der Waals surface area (Å²) in [5.41, 5.74) is 2.38. The molecule has 0 saturated carbocycles. The highest BCUT2D eigenvalue weighted by Gasteiger charge is 2.21. The van der Waals surface area contributed by atoms with E-state index in [1.165, 1.54) is 0 Å². The molecule has 4 heteroatoms. The molecular formula is C13H15N3O. The Bertz CT molecular complexity index is 476. The molecule has 1 aliphatic rings. The van der Waals surface area contributed by atoms with Gasteiger partial charge in [-0.2, -0.15) is 5.26 Å². The highest BCUT2D eigenvalue weighted by atomic mass is 16.2. The maximum absolute atomic E-state index is 11.5. The van der Waals surface area contributed by atoms with Gasteiger partial charge in [0, 0.05) is 6.54 Å². The molecule has 0 aromatic heterocycles. The third-order valence-electron chi connectivity index (χ3n) is 2.86. The number of hydrogen-bond donors (Lipinski definition) is 1. The average Bonchev–Trinajstić information content (AvgIpc) is 2.35. The zero-order valence-corrected chi connectivity index (χ0v) is 9.86. The summed E-state index contributed by atoms with van der Waals surface area (Å²) < 4.78 is 0. The highest BCUT2D eigenvalue weighted by Crippen LogP contribution is 2.30. The number of nitriles is 1. The smallest absolute Gasteiger partial charge is 0.243 e. The second-order valence-electron chi connectivity index (χ2n) is 4.17. The van der Waals surface area contributed by atoms with Crippen LogP contribution in [-0.4, -0.2) is 19.0 Å². The van der Waals surface area contributed by atoms with Crippen LogP contribution in [0.4, 0.5) is 11.4 Å². The number of hydrogen-bond acceptors (Lipinski definition) is 3. The average molecular weight is 229 g/mol. The predicted octanol–water partition coefficient (Wildman–Crippen LogP) is 2.12. The number of nitrogens with one attached hydrogen (secondary N) is 1. The summed E-state index contributed by atoms with van der Waals surface area (Å²) in [6, 6.07) is 7.48. The van der Waals surface area contributed by atoms with Gasteiger partial charge in [0.2, 0.25) is 5.91 Å². The third-order valence-corrected chi connectivity index (χ3v) is 2.86. The van der Waals surface area contributed by atoms with Gasteiger partial charge in [0.25, 0.3) is 0 Å². The first-order valence-electron chi connectivity index (χ1n) is 5.83. The number of nitrogens with zero attached hydrogens (tertiary/aromatic N) is 2. The van der Waals surface area contributed by atoms with Crippen molar-refractivity contribution in [3.05, 3.63) is 23.8 Å². The van der Waals surface area contributed by atoms with Gasteiger partial charge in [-0.1, -0.05) is 13.3 Å². The van der Waals surface area contributed by atoms with Gasteiger partial charge in [0.05, 0.1) is 29.6 Å². The van der Waals surface area contributed by atoms with Gasteiger partial charge >= 0.3 is 0 Å². The summed E-state index contributed by atoms with van der Waals surface area (Å²) in [7, 11) is 0. The largest absolute Gasteiger partial charge is 0.360 e. The van der Waals surface area contributed by atoms with E-state index in [1.54, 1.807) is 12.1 Å². The second-order valence-corrected chi connectivity index (χ2v) is 4.17. The minimum absolute atomic E-state index is 0.0123. The molecule has 1 N–H and O–H groups in total. The SMILES string of the molecule is CCCCN1CC(=O)Nc2ccc(C#N)cc21. The number of anilines is 2. The number of unbranched alkanes of at least 4 members (excludes halogenated alkanes) is 1. The quantitative estimate of drug-likeness (QED) is 0.863. The van der Waals surface area contributed by atoms with Crippen LogP contribution in [0.5, 0.6) is 0 Å². The van der Waals surface area contributed by atoms with Crippen molar-refractivity contribution in [3.8, 4) is 6.07 Å². The molecule has 0 saturated heterocycles. The Morgan fingerprint density at radius 1 is 1.53 bits per heavy atom. The normalized spacial score (nSPS) is 13.9. The van der Waals surface area contributed by atoms with E-state index in [4.69, 9.17) is 5.26 Å². The number of benzene rings is 1. The zero-order valence-electron chi connectivity index (χ0n) is 9.86. The Morgan fingerprint density at radius 2 is 2.35 bits per heavy atom. The molecule has 4 nitrogen and oxygen atoms in total. The minimum atomic E-state index is 0.0123. The van der Waals surface area contributed by atoms with E-state index in [-0.39, 0.29) is 5.91 Å². The van der Waals surface area contributed by atoms with Crippen molar-refractivity contribution in [2.24, 2.45) is 0 Å². The lowest BCUT2D eigenvalue weighted by molar-refractivity contribution is -0.115. The molecule has 0 radical (unpaired) electrons. The number of carbonyl (C=O) groups is 1. The van der Waals surface area contributed by atoms with Crippen LogP contribution in [0.3, 0.4) is 0 Å². The first-order valence-corrected chi connectivity index (χ1v) is 5.83. The van der Waals surface area contributed by atoms with Crippen molar-refractivity contribution in [1.29, 1.82) is 5.26 Å². The summed E-state index contributed by atoms with van der Waals surface area (Å²) in [6.45, 7) is 3.35. The van der Waals surface area contributed by atoms with Gasteiger partial charge in [-0.25, -0.2) is 0 Å². The monoisotopic (exact) mass is 229 g/mol. The summed E-state index contributed by atoms with van der Waals surface area (Å²) >= 11 is 0. The lowest BCUT2D eigenvalue weighted by Gasteiger charge is -2.30. The second kappa shape index (κ2) is 4.88. The van der Waals surface area contributed by atoms with Crippen LogP contribution in [0.15, 0.2) is 18.2 Å². The van der Waals surface area contributed by atoms with Gasteiger partial charge < -0.3 is 10.2 Å². The molecular weight excluding hydrogens is 214 g/mol. The van der Waals surface area contributed by atoms with E-state index in [0.29, 0.717) is 12.1 Å². The molecule has 1 amide bonds. The lowest BCUT2D eigenvalue weighted by atomic mass is 10.1. The highest BCUT2D eigenvalue weighted by molar-refractivity contribution is 6.01. The van der Waals surface area contributed by atoms with E-state index in [2.05, 4.69) is 18.3 Å². The Labute approximate surface area is 101 Å². The van der Waals surface area contributed by atoms with Crippen molar-refractivity contribution in [2.45, 2.75) is 19.8 Å². The Balaban J connectivity index is 2.32. The van der Waals surface area contributed by atoms with E-state index < -0.39 is 0 Å². The topological polar surface area (TPSA) is 56.1 Å². The molecule has 0 unspecified atom stereocenters. The molecule has 2 rings (SSSR count). The van der Waals surface area contributed by atoms with Crippen LogP contribution in [-0.2, 0) is 4.79 Å². The standard InChI is InChI=1S/C13H15N3O/c1-2-3-6-16-9-13(17)15-11-5-4-10(8-14)7-12(11)16/h4-5,7H,2-3,6,9H2,1H3,(H,15,17). The number of carbonyl (C=O) groups excluding carboxylic acids is 1. The van der Waals surface area contributed by atoms with Crippen molar-refractivity contribution in [1.82, 2.24) is 0 Å². The van der Waals surface area contributed by atoms with Gasteiger partial charge in [-0.15, -0.1) is 0 Å². The van der Waals surface area contributed by atoms with Crippen LogP contribution < -0.4 is 10.2 Å². The number of amides is 1. The molecule has 0 fully saturated rings. The fraction of sp³-hybridized carbons (Fsp3) is 0.385. The molecule has 0 bridgehead atoms. The molecule has 1 aliphatic heterocycles. The van der Waals surface area contributed by atoms with Gasteiger partial charge in [-0.3, -0.25) is 4.79 Å². The molecule has 17 heavy (non-hydrogen) atoms. The molecule has 0 spiro atoms. The fourth-order valence-corrected chi connectivity index (χ4v) is 1.97. The van der Waals surface area contributed by atoms with Crippen LogP contribution in [0.2, 0.25) is 0 Å². The predicted molar refractivity (Wildman–Crippen MR) is 66.9 cm³/mol. The van der Waals surface area contributed by atoms with Crippen LogP contribution in [0.25, 0.3) is 0 Å². The van der Waals surface area contributed by atoms with E-state index in [1.807, 2.05) is 11.0 Å². The zero-order chi connectivity index (χ0) is 12.3. The molecule has 1 aromatic rings. The first-order chi connectivity index (χ1) is 8.24. The summed E-state index contributed by atoms with van der Waals surface area (Å²) in [6.07, 6.45) is 2.13. The summed E-state index contributed by atoms with van der Waals surface area (Å²) in [4.78, 5) is 13.6. The van der Waals surface area contributed by atoms with Gasteiger partial charge in [0.1, 0.15) is 0 Å². The number of rotatable bonds is 3. The first kappa shape index (κ1) is 11.5. The van der Waals surface area contributed by atoms with Crippen molar-refractivity contribution >= 4 is 17.3 Å². The molecule has 1 heterocycles. The minimum Gasteiger partial charge on any atom is -0.360 e. The summed E-state index contributed by atoms with van der Waals surface area (Å²) in [5.74, 6) is 0.0123. The van der Waals surface area contributed by atoms with Crippen LogP contribution in [0.1, 0.15) is 25.3 Å². The van der Waals surface area contributed by atoms with Crippen LogP contribution in [0, 0.1) is 11.3 Å². The fourth-order valence-electron chi connectivity index (χ4n) is 1.97. The van der Waals surface area contributed by atoms with E-state index in [9.17, 15) is 4.79 Å². The molecule has 1 aromatic carbocycles. The maximum Gasteiger partial charge on any atom is 0.243 e. The van der Waals surface area contributed by atoms with Gasteiger partial charge in [0.15, 0.2) is 0 Å². The third kappa shape index (κ3) is 2.39. The molecule has 88 valence electrons. The van der Waals surface area contributed by atoms with Gasteiger partial charge in [-0.05, 0) is 24.6 Å². The Kier molecular flexibility index (Phi) is 3.29. The van der Waals surface area contributed by atoms with Crippen molar-refractivity contribution in [3.63, 3.8) is 0 Å². The van der Waals surface area contributed by atoms with Crippen LogP contribution >= 0.6 is 0 Å². The number of fused-ring (bicyclic) bond motifs is 1.